The first-order chi connectivity index (χ1) is 10.8. The number of ether oxygens (including phenoxy) is 2. The van der Waals surface area contributed by atoms with Gasteiger partial charge in [-0.25, -0.2) is 14.8 Å². The molecule has 22 heavy (non-hydrogen) atoms. The summed E-state index contributed by atoms with van der Waals surface area (Å²) in [7, 11) is 0. The molecule has 0 bridgehead atoms. The Morgan fingerprint density at radius 2 is 2.23 bits per heavy atom. The average Bonchev–Trinajstić information content (AvgIpc) is 3.03. The number of nitrogens with zero attached hydrogens (tertiary/aromatic N) is 5. The summed E-state index contributed by atoms with van der Waals surface area (Å²) in [4.78, 5) is 26.1. The molecule has 0 amide bonds. The molecule has 3 rings (SSSR count). The lowest BCUT2D eigenvalue weighted by Crippen LogP contribution is -2.35. The van der Waals surface area contributed by atoms with Crippen LogP contribution in [0.3, 0.4) is 0 Å². The number of morpholine rings is 1. The number of rotatable bonds is 4. The molecular formula is C13H19N5O4. The lowest BCUT2D eigenvalue weighted by atomic mass is 10.2. The number of aliphatic hydroxyl groups excluding tert-OH is 1. The first-order valence-electron chi connectivity index (χ1n) is 7.34. The van der Waals surface area contributed by atoms with Crippen LogP contribution < -0.4 is 5.69 Å². The van der Waals surface area contributed by atoms with Crippen LogP contribution in [0.4, 0.5) is 5.95 Å². The van der Waals surface area contributed by atoms with Gasteiger partial charge in [-0.05, 0) is 12.8 Å². The second kappa shape index (κ2) is 6.95. The molecule has 2 fully saturated rings. The van der Waals surface area contributed by atoms with Crippen molar-refractivity contribution in [2.45, 2.75) is 25.2 Å². The average molecular weight is 309 g/mol. The highest BCUT2D eigenvalue weighted by atomic mass is 16.5. The van der Waals surface area contributed by atoms with Crippen LogP contribution in [0.15, 0.2) is 16.1 Å². The minimum Gasteiger partial charge on any atom is -0.394 e. The highest BCUT2D eigenvalue weighted by Gasteiger charge is 2.27. The predicted octanol–water partition coefficient (Wildman–Crippen LogP) is -0.700. The summed E-state index contributed by atoms with van der Waals surface area (Å²) in [6, 6.07) is 0. The monoisotopic (exact) mass is 309 g/mol. The van der Waals surface area contributed by atoms with E-state index in [1.54, 1.807) is 6.34 Å². The smallest absolute Gasteiger partial charge is 0.354 e. The van der Waals surface area contributed by atoms with E-state index in [1.807, 2.05) is 4.90 Å². The summed E-state index contributed by atoms with van der Waals surface area (Å²) >= 11 is 0. The van der Waals surface area contributed by atoms with Crippen LogP contribution in [0.1, 0.15) is 19.1 Å². The molecule has 0 saturated carbocycles. The fourth-order valence-electron chi connectivity index (χ4n) is 2.45. The molecule has 0 spiro atoms. The molecule has 2 unspecified atom stereocenters. The maximum atomic E-state index is 12.0. The van der Waals surface area contributed by atoms with Gasteiger partial charge >= 0.3 is 5.69 Å². The van der Waals surface area contributed by atoms with Crippen molar-refractivity contribution >= 4 is 12.3 Å². The maximum absolute atomic E-state index is 12.0. The molecule has 0 aliphatic carbocycles. The minimum atomic E-state index is -0.451. The molecule has 1 N–H and O–H groups in total. The lowest BCUT2D eigenvalue weighted by Gasteiger charge is -2.23. The van der Waals surface area contributed by atoms with E-state index >= 15 is 0 Å². The third kappa shape index (κ3) is 3.49. The van der Waals surface area contributed by atoms with Gasteiger partial charge in [-0.3, -0.25) is 4.57 Å². The second-order valence-electron chi connectivity index (χ2n) is 5.21. The van der Waals surface area contributed by atoms with Crippen LogP contribution in [0.2, 0.25) is 0 Å². The quantitative estimate of drug-likeness (QED) is 0.579. The maximum Gasteiger partial charge on any atom is 0.354 e. The first-order valence-corrected chi connectivity index (χ1v) is 7.34. The van der Waals surface area contributed by atoms with E-state index in [0.29, 0.717) is 26.1 Å². The van der Waals surface area contributed by atoms with Crippen LogP contribution >= 0.6 is 0 Å². The molecule has 2 aliphatic heterocycles. The van der Waals surface area contributed by atoms with Crippen LogP contribution in [0.25, 0.3) is 0 Å². The third-order valence-electron chi connectivity index (χ3n) is 3.70. The first kappa shape index (κ1) is 15.1. The van der Waals surface area contributed by atoms with Crippen molar-refractivity contribution in [1.29, 1.82) is 0 Å². The van der Waals surface area contributed by atoms with Crippen molar-refractivity contribution in [1.82, 2.24) is 19.4 Å². The number of aliphatic hydroxyl groups is 1. The molecule has 1 aromatic heterocycles. The van der Waals surface area contributed by atoms with Gasteiger partial charge < -0.3 is 19.5 Å². The molecule has 9 heteroatoms. The van der Waals surface area contributed by atoms with Gasteiger partial charge in [0, 0.05) is 13.1 Å². The van der Waals surface area contributed by atoms with Crippen LogP contribution in [0, 0.1) is 0 Å². The van der Waals surface area contributed by atoms with Crippen LogP contribution in [0.5, 0.6) is 0 Å². The summed E-state index contributed by atoms with van der Waals surface area (Å²) in [6.45, 7) is 2.81. The third-order valence-corrected chi connectivity index (χ3v) is 3.70. The normalized spacial score (nSPS) is 26.0. The number of aromatic nitrogens is 3. The van der Waals surface area contributed by atoms with Gasteiger partial charge in [0.25, 0.3) is 5.95 Å². The molecule has 2 aliphatic rings. The Bertz CT molecular complexity index is 584. The predicted molar refractivity (Wildman–Crippen MR) is 77.1 cm³/mol. The van der Waals surface area contributed by atoms with Crippen LogP contribution in [-0.4, -0.2) is 69.9 Å². The van der Waals surface area contributed by atoms with E-state index < -0.39 is 11.9 Å². The molecular weight excluding hydrogens is 290 g/mol. The van der Waals surface area contributed by atoms with Gasteiger partial charge in [0.15, 0.2) is 0 Å². The minimum absolute atomic E-state index is 0.0476. The van der Waals surface area contributed by atoms with Crippen molar-refractivity contribution in [3.63, 3.8) is 0 Å². The van der Waals surface area contributed by atoms with E-state index in [1.165, 1.54) is 10.9 Å². The summed E-state index contributed by atoms with van der Waals surface area (Å²) in [5.41, 5.74) is -0.451. The van der Waals surface area contributed by atoms with Crippen molar-refractivity contribution in [2.75, 3.05) is 32.9 Å². The Kier molecular flexibility index (Phi) is 4.76. The highest BCUT2D eigenvalue weighted by Crippen LogP contribution is 2.26. The topological polar surface area (TPSA) is 102 Å². The molecule has 2 atom stereocenters. The highest BCUT2D eigenvalue weighted by molar-refractivity contribution is 5.58. The molecule has 2 saturated heterocycles. The summed E-state index contributed by atoms with van der Waals surface area (Å²) < 4.78 is 12.1. The lowest BCUT2D eigenvalue weighted by molar-refractivity contribution is -0.0250. The number of hydrogen-bond acceptors (Lipinski definition) is 7. The van der Waals surface area contributed by atoms with E-state index in [-0.39, 0.29) is 18.7 Å². The fourth-order valence-corrected chi connectivity index (χ4v) is 2.45. The fraction of sp³-hybridized carbons (Fsp3) is 0.692. The molecule has 0 radical (unpaired) electrons. The van der Waals surface area contributed by atoms with Gasteiger partial charge in [-0.1, -0.05) is 0 Å². The molecule has 0 aromatic carbocycles. The standard InChI is InChI=1S/C13H19N5O4/c19-7-10-1-2-11(22-10)18-9-15-12(16-13(18)20)14-8-17-3-5-21-6-4-17/h8-11,19H,1-7H2/b14-8+. The summed E-state index contributed by atoms with van der Waals surface area (Å²) in [5.74, 6) is 0.129. The van der Waals surface area contributed by atoms with E-state index in [2.05, 4.69) is 15.0 Å². The van der Waals surface area contributed by atoms with E-state index in [9.17, 15) is 4.79 Å². The largest absolute Gasteiger partial charge is 0.394 e. The SMILES string of the molecule is O=c1nc(/N=C/N2CCOCC2)ncn1C1CCC(CO)O1. The summed E-state index contributed by atoms with van der Waals surface area (Å²) in [6.07, 6.45) is 3.76. The van der Waals surface area contributed by atoms with Gasteiger partial charge in [-0.15, -0.1) is 0 Å². The Morgan fingerprint density at radius 1 is 1.41 bits per heavy atom. The Morgan fingerprint density at radius 3 is 2.91 bits per heavy atom. The zero-order valence-electron chi connectivity index (χ0n) is 12.2. The summed E-state index contributed by atoms with van der Waals surface area (Å²) in [5, 5.41) is 9.06. The number of aliphatic imine (C=N–C) groups is 1. The second-order valence-corrected chi connectivity index (χ2v) is 5.21. The molecule has 3 heterocycles. The van der Waals surface area contributed by atoms with Crippen molar-refractivity contribution < 1.29 is 14.6 Å². The Balaban J connectivity index is 1.67. The van der Waals surface area contributed by atoms with Crippen molar-refractivity contribution in [2.24, 2.45) is 4.99 Å². The van der Waals surface area contributed by atoms with Gasteiger partial charge in [0.1, 0.15) is 12.6 Å². The number of hydrogen-bond donors (Lipinski definition) is 1. The van der Waals surface area contributed by atoms with Gasteiger partial charge in [0.05, 0.1) is 32.3 Å². The van der Waals surface area contributed by atoms with Gasteiger partial charge in [0.2, 0.25) is 0 Å². The van der Waals surface area contributed by atoms with E-state index in [0.717, 1.165) is 13.1 Å². The Hall–Kier alpha value is -1.84. The molecule has 120 valence electrons. The van der Waals surface area contributed by atoms with E-state index in [4.69, 9.17) is 14.6 Å². The zero-order valence-corrected chi connectivity index (χ0v) is 12.2. The Labute approximate surface area is 127 Å². The van der Waals surface area contributed by atoms with Gasteiger partial charge in [-0.2, -0.15) is 4.98 Å². The van der Waals surface area contributed by atoms with Crippen LogP contribution in [-0.2, 0) is 9.47 Å². The molecule has 9 nitrogen and oxygen atoms in total. The van der Waals surface area contributed by atoms with Crippen molar-refractivity contribution in [3.05, 3.63) is 16.8 Å². The zero-order chi connectivity index (χ0) is 15.4. The van der Waals surface area contributed by atoms with Crippen molar-refractivity contribution in [3.8, 4) is 0 Å². The molecule has 1 aromatic rings.